The Hall–Kier alpha value is -1.85. The normalized spacial score (nSPS) is 21.0. The molecule has 0 radical (unpaired) electrons. The van der Waals surface area contributed by atoms with Crippen LogP contribution < -0.4 is 10.5 Å². The summed E-state index contributed by atoms with van der Waals surface area (Å²) in [6, 6.07) is 4.23. The maximum Gasteiger partial charge on any atom is 0.573 e. The quantitative estimate of drug-likeness (QED) is 0.791. The molecule has 3 rings (SSSR count). The molecule has 0 spiro atoms. The summed E-state index contributed by atoms with van der Waals surface area (Å²) in [7, 11) is -3.76. The van der Waals surface area contributed by atoms with Crippen molar-refractivity contribution in [3.05, 3.63) is 24.3 Å². The summed E-state index contributed by atoms with van der Waals surface area (Å²) >= 11 is 0. The predicted molar refractivity (Wildman–Crippen MR) is 89.2 cm³/mol. The number of nitrogens with zero attached hydrogens (tertiary/aromatic N) is 2. The summed E-state index contributed by atoms with van der Waals surface area (Å²) in [6.07, 6.45) is -3.49. The molecule has 150 valence electrons. The minimum Gasteiger partial charge on any atom is -0.406 e. The zero-order chi connectivity index (χ0) is 19.8. The van der Waals surface area contributed by atoms with E-state index in [1.807, 2.05) is 0 Å². The highest BCUT2D eigenvalue weighted by molar-refractivity contribution is 7.89. The Balaban J connectivity index is 1.56. The largest absolute Gasteiger partial charge is 0.573 e. The van der Waals surface area contributed by atoms with Crippen molar-refractivity contribution in [1.82, 2.24) is 9.21 Å². The first-order valence-corrected chi connectivity index (χ1v) is 9.89. The molecular weight excluding hydrogens is 387 g/mol. The van der Waals surface area contributed by atoms with E-state index in [-0.39, 0.29) is 22.8 Å². The summed E-state index contributed by atoms with van der Waals surface area (Å²) < 4.78 is 66.7. The standard InChI is InChI=1S/C16H20F3N3O4S/c17-16(18,19)26-13-1-3-14(4-2-13)27(24,25)22-9-12(10-22)21-7-5-11(6-8-21)15(20)23/h1-4,11-12H,5-10H2,(H2,20,23). The van der Waals surface area contributed by atoms with E-state index in [4.69, 9.17) is 5.73 Å². The molecule has 1 aromatic carbocycles. The van der Waals surface area contributed by atoms with E-state index in [9.17, 15) is 26.4 Å². The minimum absolute atomic E-state index is 0.0708. The number of rotatable bonds is 5. The summed E-state index contributed by atoms with van der Waals surface area (Å²) in [6.45, 7) is 2.00. The first-order valence-electron chi connectivity index (χ1n) is 8.45. The number of likely N-dealkylation sites (tertiary alicyclic amines) is 1. The molecule has 0 aliphatic carbocycles. The number of nitrogens with two attached hydrogens (primary N) is 1. The van der Waals surface area contributed by atoms with E-state index in [1.54, 1.807) is 0 Å². The maximum atomic E-state index is 12.6. The number of ether oxygens (including phenoxy) is 1. The van der Waals surface area contributed by atoms with Crippen molar-refractivity contribution < 1.29 is 31.1 Å². The van der Waals surface area contributed by atoms with Gasteiger partial charge in [-0.25, -0.2) is 8.42 Å². The first kappa shape index (κ1) is 19.9. The van der Waals surface area contributed by atoms with E-state index >= 15 is 0 Å². The number of halogens is 3. The van der Waals surface area contributed by atoms with Gasteiger partial charge in [-0.1, -0.05) is 0 Å². The van der Waals surface area contributed by atoms with Crippen LogP contribution in [0, 0.1) is 5.92 Å². The fourth-order valence-corrected chi connectivity index (χ4v) is 4.87. The predicted octanol–water partition coefficient (Wildman–Crippen LogP) is 1.16. The van der Waals surface area contributed by atoms with Gasteiger partial charge in [-0.2, -0.15) is 4.31 Å². The Bertz CT molecular complexity index is 784. The van der Waals surface area contributed by atoms with E-state index in [1.165, 1.54) is 4.31 Å². The lowest BCUT2D eigenvalue weighted by Crippen LogP contribution is -2.62. The highest BCUT2D eigenvalue weighted by Gasteiger charge is 2.41. The van der Waals surface area contributed by atoms with Gasteiger partial charge in [-0.15, -0.1) is 13.2 Å². The number of benzene rings is 1. The van der Waals surface area contributed by atoms with Crippen molar-refractivity contribution in [2.24, 2.45) is 11.7 Å². The van der Waals surface area contributed by atoms with Gasteiger partial charge >= 0.3 is 6.36 Å². The molecule has 1 amide bonds. The van der Waals surface area contributed by atoms with Crippen LogP contribution in [-0.4, -0.2) is 62.1 Å². The molecule has 0 bridgehead atoms. The number of piperidine rings is 1. The van der Waals surface area contributed by atoms with Crippen LogP contribution in [-0.2, 0) is 14.8 Å². The highest BCUT2D eigenvalue weighted by atomic mass is 32.2. The second kappa shape index (κ2) is 7.28. The number of hydrogen-bond acceptors (Lipinski definition) is 5. The second-order valence-corrected chi connectivity index (χ2v) is 8.65. The zero-order valence-corrected chi connectivity index (χ0v) is 15.2. The number of carbonyl (C=O) groups is 1. The second-order valence-electron chi connectivity index (χ2n) is 6.71. The van der Waals surface area contributed by atoms with Crippen LogP contribution in [0.1, 0.15) is 12.8 Å². The lowest BCUT2D eigenvalue weighted by molar-refractivity contribution is -0.274. The molecule has 27 heavy (non-hydrogen) atoms. The van der Waals surface area contributed by atoms with Crippen molar-refractivity contribution in [3.63, 3.8) is 0 Å². The molecule has 0 atom stereocenters. The zero-order valence-electron chi connectivity index (χ0n) is 14.4. The van der Waals surface area contributed by atoms with Crippen molar-refractivity contribution in [3.8, 4) is 5.75 Å². The molecule has 0 saturated carbocycles. The average Bonchev–Trinajstić information content (AvgIpc) is 2.52. The van der Waals surface area contributed by atoms with Gasteiger partial charge in [0.15, 0.2) is 0 Å². The average molecular weight is 407 g/mol. The summed E-state index contributed by atoms with van der Waals surface area (Å²) in [4.78, 5) is 13.3. The molecule has 2 heterocycles. The monoisotopic (exact) mass is 407 g/mol. The van der Waals surface area contributed by atoms with Gasteiger partial charge in [0, 0.05) is 25.0 Å². The molecule has 2 aliphatic heterocycles. The van der Waals surface area contributed by atoms with E-state index in [0.717, 1.165) is 24.3 Å². The number of primary amides is 1. The topological polar surface area (TPSA) is 92.9 Å². The van der Waals surface area contributed by atoms with Gasteiger partial charge in [0.1, 0.15) is 5.75 Å². The van der Waals surface area contributed by atoms with Crippen LogP contribution in [0.2, 0.25) is 0 Å². The molecule has 2 aliphatic rings. The lowest BCUT2D eigenvalue weighted by Gasteiger charge is -2.46. The van der Waals surface area contributed by atoms with Gasteiger partial charge in [0.2, 0.25) is 15.9 Å². The van der Waals surface area contributed by atoms with Crippen LogP contribution in [0.5, 0.6) is 5.75 Å². The van der Waals surface area contributed by atoms with E-state index < -0.39 is 22.1 Å². The lowest BCUT2D eigenvalue weighted by atomic mass is 9.94. The van der Waals surface area contributed by atoms with Gasteiger partial charge in [-0.05, 0) is 50.2 Å². The van der Waals surface area contributed by atoms with Crippen LogP contribution >= 0.6 is 0 Å². The third-order valence-corrected chi connectivity index (χ3v) is 6.82. The SMILES string of the molecule is NC(=O)C1CCN(C2CN(S(=O)(=O)c3ccc(OC(F)(F)F)cc3)C2)CC1. The molecule has 2 N–H and O–H groups in total. The third kappa shape index (κ3) is 4.53. The fourth-order valence-electron chi connectivity index (χ4n) is 3.36. The van der Waals surface area contributed by atoms with Crippen molar-refractivity contribution in [2.45, 2.75) is 30.1 Å². The molecule has 0 unspecified atom stereocenters. The summed E-state index contributed by atoms with van der Waals surface area (Å²) in [5, 5.41) is 0. The van der Waals surface area contributed by atoms with Gasteiger partial charge in [-0.3, -0.25) is 9.69 Å². The molecule has 0 aromatic heterocycles. The van der Waals surface area contributed by atoms with Crippen LogP contribution in [0.3, 0.4) is 0 Å². The Morgan fingerprint density at radius 3 is 2.15 bits per heavy atom. The number of hydrogen-bond donors (Lipinski definition) is 1. The van der Waals surface area contributed by atoms with Gasteiger partial charge in [0.25, 0.3) is 0 Å². The Morgan fingerprint density at radius 1 is 1.11 bits per heavy atom. The Labute approximate surface area is 154 Å². The number of alkyl halides is 3. The van der Waals surface area contributed by atoms with Crippen LogP contribution in [0.4, 0.5) is 13.2 Å². The smallest absolute Gasteiger partial charge is 0.406 e. The summed E-state index contributed by atoms with van der Waals surface area (Å²) in [5.74, 6) is -0.899. The molecule has 11 heteroatoms. The molecule has 2 fully saturated rings. The highest BCUT2D eigenvalue weighted by Crippen LogP contribution is 2.29. The fraction of sp³-hybridized carbons (Fsp3) is 0.562. The Kier molecular flexibility index (Phi) is 5.37. The maximum absolute atomic E-state index is 12.6. The van der Waals surface area contributed by atoms with Crippen LogP contribution in [0.15, 0.2) is 29.2 Å². The Morgan fingerprint density at radius 2 is 1.67 bits per heavy atom. The molecule has 1 aromatic rings. The minimum atomic E-state index is -4.83. The van der Waals surface area contributed by atoms with Crippen molar-refractivity contribution in [2.75, 3.05) is 26.2 Å². The van der Waals surface area contributed by atoms with Crippen molar-refractivity contribution in [1.29, 1.82) is 0 Å². The van der Waals surface area contributed by atoms with Gasteiger partial charge < -0.3 is 10.5 Å². The number of sulfonamides is 1. The molecule has 7 nitrogen and oxygen atoms in total. The van der Waals surface area contributed by atoms with Crippen LogP contribution in [0.25, 0.3) is 0 Å². The van der Waals surface area contributed by atoms with E-state index in [2.05, 4.69) is 9.64 Å². The first-order chi connectivity index (χ1) is 12.6. The molecule has 2 saturated heterocycles. The summed E-state index contributed by atoms with van der Waals surface area (Å²) in [5.41, 5.74) is 5.31. The number of carbonyl (C=O) groups excluding carboxylic acids is 1. The van der Waals surface area contributed by atoms with Gasteiger partial charge in [0.05, 0.1) is 4.90 Å². The molecular formula is C16H20F3N3O4S. The number of amides is 1. The third-order valence-electron chi connectivity index (χ3n) is 4.97. The van der Waals surface area contributed by atoms with Crippen molar-refractivity contribution >= 4 is 15.9 Å². The van der Waals surface area contributed by atoms with E-state index in [0.29, 0.717) is 39.0 Å².